The second kappa shape index (κ2) is 9.93. The van der Waals surface area contributed by atoms with Crippen molar-refractivity contribution in [1.82, 2.24) is 5.32 Å². The normalized spacial score (nSPS) is 13.0. The highest BCUT2D eigenvalue weighted by atomic mass is 16.5. The molecule has 4 nitrogen and oxygen atoms in total. The first kappa shape index (κ1) is 19.9. The Hall–Kier alpha value is -2.82. The Kier molecular flexibility index (Phi) is 7.06. The van der Waals surface area contributed by atoms with Gasteiger partial charge in [0.05, 0.1) is 6.10 Å². The number of hydrogen-bond acceptors (Lipinski definition) is 4. The second-order valence-electron chi connectivity index (χ2n) is 6.78. The topological polar surface area (TPSA) is 50.7 Å². The number of ether oxygens (including phenoxy) is 2. The zero-order valence-corrected chi connectivity index (χ0v) is 16.3. The van der Waals surface area contributed by atoms with E-state index in [9.17, 15) is 5.11 Å². The molecule has 0 aliphatic rings. The fourth-order valence-corrected chi connectivity index (χ4v) is 2.86. The minimum absolute atomic E-state index is 0.0712. The largest absolute Gasteiger partial charge is 0.485 e. The van der Waals surface area contributed by atoms with Crippen molar-refractivity contribution in [3.63, 3.8) is 0 Å². The number of likely N-dealkylation sites (N-methyl/N-ethyl adjacent to an activating group) is 1. The predicted molar refractivity (Wildman–Crippen MR) is 111 cm³/mol. The Morgan fingerprint density at radius 3 is 1.86 bits per heavy atom. The Labute approximate surface area is 166 Å². The van der Waals surface area contributed by atoms with E-state index < -0.39 is 6.10 Å². The third-order valence-corrected chi connectivity index (χ3v) is 4.71. The first-order valence-corrected chi connectivity index (χ1v) is 9.50. The monoisotopic (exact) mass is 377 g/mol. The van der Waals surface area contributed by atoms with E-state index in [1.165, 1.54) is 0 Å². The third-order valence-electron chi connectivity index (χ3n) is 4.71. The fourth-order valence-electron chi connectivity index (χ4n) is 2.86. The van der Waals surface area contributed by atoms with Crippen molar-refractivity contribution in [2.24, 2.45) is 0 Å². The molecular formula is C24H27NO3. The number of aliphatic hydroxyl groups is 1. The summed E-state index contributed by atoms with van der Waals surface area (Å²) in [5.74, 6) is 1.28. The van der Waals surface area contributed by atoms with E-state index in [0.29, 0.717) is 24.7 Å². The van der Waals surface area contributed by atoms with Crippen LogP contribution >= 0.6 is 0 Å². The summed E-state index contributed by atoms with van der Waals surface area (Å²) in [7, 11) is 1.83. The summed E-state index contributed by atoms with van der Waals surface area (Å²) in [6.07, 6.45) is -0.632. The van der Waals surface area contributed by atoms with E-state index in [0.717, 1.165) is 16.7 Å². The Morgan fingerprint density at radius 1 is 0.786 bits per heavy atom. The Balaban J connectivity index is 1.80. The van der Waals surface area contributed by atoms with Crippen LogP contribution in [0.4, 0.5) is 0 Å². The van der Waals surface area contributed by atoms with Gasteiger partial charge in [-0.25, -0.2) is 0 Å². The van der Waals surface area contributed by atoms with Gasteiger partial charge in [0.15, 0.2) is 11.5 Å². The minimum Gasteiger partial charge on any atom is -0.485 e. The van der Waals surface area contributed by atoms with E-state index in [-0.39, 0.29) is 6.04 Å². The SMILES string of the molecule is CN[C@@H](C)[C@H](O)c1ccc(OCc2ccccc2)c(OCc2ccccc2)c1. The van der Waals surface area contributed by atoms with E-state index in [4.69, 9.17) is 9.47 Å². The standard InChI is InChI=1S/C24H27NO3/c1-18(25-2)24(26)21-13-14-22(27-16-19-9-5-3-6-10-19)23(15-21)28-17-20-11-7-4-8-12-20/h3-15,18,24-26H,16-17H2,1-2H3/t18-,24-/m0/s1. The van der Waals surface area contributed by atoms with Gasteiger partial charge < -0.3 is 19.9 Å². The first-order valence-electron chi connectivity index (χ1n) is 9.50. The van der Waals surface area contributed by atoms with Crippen molar-refractivity contribution in [2.75, 3.05) is 7.05 Å². The molecule has 3 aromatic rings. The Morgan fingerprint density at radius 2 is 1.32 bits per heavy atom. The van der Waals surface area contributed by atoms with Crippen LogP contribution in [0.5, 0.6) is 11.5 Å². The summed E-state index contributed by atoms with van der Waals surface area (Å²) in [5.41, 5.74) is 2.95. The molecule has 0 bridgehead atoms. The smallest absolute Gasteiger partial charge is 0.162 e. The molecule has 0 heterocycles. The van der Waals surface area contributed by atoms with E-state index in [2.05, 4.69) is 5.32 Å². The summed E-state index contributed by atoms with van der Waals surface area (Å²) >= 11 is 0. The summed E-state index contributed by atoms with van der Waals surface area (Å²) in [5, 5.41) is 13.6. The van der Waals surface area contributed by atoms with Crippen LogP contribution in [-0.4, -0.2) is 18.2 Å². The molecule has 4 heteroatoms. The number of rotatable bonds is 9. The highest BCUT2D eigenvalue weighted by molar-refractivity contribution is 5.44. The van der Waals surface area contributed by atoms with Crippen LogP contribution < -0.4 is 14.8 Å². The van der Waals surface area contributed by atoms with Crippen molar-refractivity contribution < 1.29 is 14.6 Å². The maximum Gasteiger partial charge on any atom is 0.162 e. The van der Waals surface area contributed by atoms with Crippen molar-refractivity contribution in [1.29, 1.82) is 0 Å². The van der Waals surface area contributed by atoms with Crippen molar-refractivity contribution in [3.8, 4) is 11.5 Å². The molecule has 0 amide bonds. The molecule has 0 unspecified atom stereocenters. The van der Waals surface area contributed by atoms with Crippen LogP contribution in [0, 0.1) is 0 Å². The van der Waals surface area contributed by atoms with Crippen molar-refractivity contribution in [2.45, 2.75) is 32.3 Å². The minimum atomic E-state index is -0.632. The molecule has 0 aromatic heterocycles. The number of nitrogens with one attached hydrogen (secondary N) is 1. The summed E-state index contributed by atoms with van der Waals surface area (Å²) in [6.45, 7) is 2.83. The van der Waals surface area contributed by atoms with Gasteiger partial charge >= 0.3 is 0 Å². The van der Waals surface area contributed by atoms with E-state index in [1.807, 2.05) is 92.8 Å². The highest BCUT2D eigenvalue weighted by Gasteiger charge is 2.17. The molecule has 3 rings (SSSR count). The summed E-state index contributed by atoms with van der Waals surface area (Å²) in [4.78, 5) is 0. The molecule has 3 aromatic carbocycles. The maximum atomic E-state index is 10.5. The van der Waals surface area contributed by atoms with Gasteiger partial charge in [0.1, 0.15) is 13.2 Å². The molecule has 146 valence electrons. The van der Waals surface area contributed by atoms with Crippen LogP contribution in [0.1, 0.15) is 29.7 Å². The lowest BCUT2D eigenvalue weighted by Crippen LogP contribution is -2.28. The molecule has 0 saturated carbocycles. The number of hydrogen-bond donors (Lipinski definition) is 2. The molecule has 2 atom stereocenters. The van der Waals surface area contributed by atoms with Crippen LogP contribution in [0.25, 0.3) is 0 Å². The van der Waals surface area contributed by atoms with Gasteiger partial charge in [-0.05, 0) is 42.8 Å². The summed E-state index contributed by atoms with van der Waals surface area (Å²) < 4.78 is 12.1. The lowest BCUT2D eigenvalue weighted by atomic mass is 10.0. The van der Waals surface area contributed by atoms with Gasteiger partial charge in [0.25, 0.3) is 0 Å². The molecule has 0 fully saturated rings. The molecule has 0 radical (unpaired) electrons. The predicted octanol–water partition coefficient (Wildman–Crippen LogP) is 4.49. The van der Waals surface area contributed by atoms with Crippen LogP contribution in [0.3, 0.4) is 0 Å². The van der Waals surface area contributed by atoms with Crippen molar-refractivity contribution in [3.05, 3.63) is 95.6 Å². The molecule has 28 heavy (non-hydrogen) atoms. The average Bonchev–Trinajstić information content (AvgIpc) is 2.76. The van der Waals surface area contributed by atoms with Gasteiger partial charge in [0, 0.05) is 6.04 Å². The van der Waals surface area contributed by atoms with E-state index >= 15 is 0 Å². The lowest BCUT2D eigenvalue weighted by molar-refractivity contribution is 0.139. The van der Waals surface area contributed by atoms with Gasteiger partial charge in [0.2, 0.25) is 0 Å². The average molecular weight is 377 g/mol. The molecule has 0 spiro atoms. The Bertz CT molecular complexity index is 852. The van der Waals surface area contributed by atoms with Gasteiger partial charge in [-0.15, -0.1) is 0 Å². The zero-order valence-electron chi connectivity index (χ0n) is 16.3. The van der Waals surface area contributed by atoms with Crippen LogP contribution in [-0.2, 0) is 13.2 Å². The van der Waals surface area contributed by atoms with Gasteiger partial charge in [-0.1, -0.05) is 66.7 Å². The lowest BCUT2D eigenvalue weighted by Gasteiger charge is -2.20. The maximum absolute atomic E-state index is 10.5. The number of benzene rings is 3. The van der Waals surface area contributed by atoms with Crippen LogP contribution in [0.15, 0.2) is 78.9 Å². The molecule has 0 saturated heterocycles. The zero-order chi connectivity index (χ0) is 19.8. The molecular weight excluding hydrogens is 350 g/mol. The van der Waals surface area contributed by atoms with Gasteiger partial charge in [-0.2, -0.15) is 0 Å². The van der Waals surface area contributed by atoms with Gasteiger partial charge in [-0.3, -0.25) is 0 Å². The second-order valence-corrected chi connectivity index (χ2v) is 6.78. The third kappa shape index (κ3) is 5.35. The summed E-state index contributed by atoms with van der Waals surface area (Å²) in [6, 6.07) is 25.5. The van der Waals surface area contributed by atoms with E-state index in [1.54, 1.807) is 0 Å². The van der Waals surface area contributed by atoms with Crippen molar-refractivity contribution >= 4 is 0 Å². The molecule has 0 aliphatic carbocycles. The quantitative estimate of drug-likeness (QED) is 0.577. The molecule has 0 aliphatic heterocycles. The molecule has 2 N–H and O–H groups in total. The van der Waals surface area contributed by atoms with Crippen LogP contribution in [0.2, 0.25) is 0 Å². The highest BCUT2D eigenvalue weighted by Crippen LogP contribution is 2.32. The first-order chi connectivity index (χ1) is 13.7. The fraction of sp³-hybridized carbons (Fsp3) is 0.250. The number of aliphatic hydroxyl groups excluding tert-OH is 1.